The first-order valence-corrected chi connectivity index (χ1v) is 10.8. The third-order valence-electron chi connectivity index (χ3n) is 3.42. The van der Waals surface area contributed by atoms with Crippen LogP contribution < -0.4 is 10.6 Å². The molecule has 0 bridgehead atoms. The van der Waals surface area contributed by atoms with Crippen LogP contribution in [-0.2, 0) is 19.6 Å². The van der Waals surface area contributed by atoms with Crippen LogP contribution in [0.3, 0.4) is 0 Å². The number of halogens is 1. The number of nitrogens with zero attached hydrogens (tertiary/aromatic N) is 1. The number of likely N-dealkylation sites (N-methyl/N-ethyl adjacent to an activating group) is 1. The molecule has 2 N–H and O–H groups in total. The maximum absolute atomic E-state index is 13.6. The predicted molar refractivity (Wildman–Crippen MR) is 109 cm³/mol. The second-order valence-electron chi connectivity index (χ2n) is 7.06. The molecule has 2 rings (SSSR count). The molecule has 1 aromatic heterocycles. The first kappa shape index (κ1) is 22.8. The molecule has 0 aliphatic rings. The number of benzene rings is 1. The molecule has 2 aromatic rings. The minimum atomic E-state index is -3.81. The number of amides is 2. The Balaban J connectivity index is 2.11. The summed E-state index contributed by atoms with van der Waals surface area (Å²) in [7, 11) is -2.55. The molecule has 1 heterocycles. The summed E-state index contributed by atoms with van der Waals surface area (Å²) in [4.78, 5) is 24.3. The number of hydrogen-bond donors (Lipinski definition) is 2. The molecule has 0 aliphatic carbocycles. The third kappa shape index (κ3) is 6.51. The molecule has 158 valence electrons. The number of rotatable bonds is 6. The topological polar surface area (TPSA) is 105 Å². The van der Waals surface area contributed by atoms with Crippen LogP contribution in [0.5, 0.6) is 0 Å². The fourth-order valence-electron chi connectivity index (χ4n) is 2.18. The van der Waals surface area contributed by atoms with Gasteiger partial charge in [-0.25, -0.2) is 17.6 Å². The van der Waals surface area contributed by atoms with Gasteiger partial charge in [-0.3, -0.25) is 10.1 Å². The lowest BCUT2D eigenvalue weighted by atomic mass is 10.2. The second-order valence-corrected chi connectivity index (χ2v) is 10.3. The number of ether oxygens (including phenoxy) is 1. The Bertz CT molecular complexity index is 985. The minimum Gasteiger partial charge on any atom is -0.444 e. The number of nitrogens with one attached hydrogen (secondary N) is 2. The maximum Gasteiger partial charge on any atom is 0.412 e. The maximum atomic E-state index is 13.6. The minimum absolute atomic E-state index is 0.0252. The Kier molecular flexibility index (Phi) is 6.98. The van der Waals surface area contributed by atoms with Gasteiger partial charge in [0.1, 0.15) is 15.6 Å². The Morgan fingerprint density at radius 1 is 1.17 bits per heavy atom. The van der Waals surface area contributed by atoms with Crippen molar-refractivity contribution in [2.45, 2.75) is 30.6 Å². The van der Waals surface area contributed by atoms with Gasteiger partial charge in [-0.2, -0.15) is 4.31 Å². The summed E-state index contributed by atoms with van der Waals surface area (Å²) in [6, 6.07) is 6.41. The van der Waals surface area contributed by atoms with Gasteiger partial charge in [0.25, 0.3) is 10.0 Å². The molecule has 0 spiro atoms. The second kappa shape index (κ2) is 8.89. The lowest BCUT2D eigenvalue weighted by molar-refractivity contribution is -0.116. The van der Waals surface area contributed by atoms with E-state index >= 15 is 0 Å². The van der Waals surface area contributed by atoms with E-state index in [-0.39, 0.29) is 15.6 Å². The highest BCUT2D eigenvalue weighted by molar-refractivity contribution is 7.91. The van der Waals surface area contributed by atoms with E-state index < -0.39 is 40.0 Å². The summed E-state index contributed by atoms with van der Waals surface area (Å²) in [5, 5.41) is 6.46. The van der Waals surface area contributed by atoms with Crippen LogP contribution in [0.1, 0.15) is 20.8 Å². The molecule has 2 amide bonds. The van der Waals surface area contributed by atoms with Crippen LogP contribution in [0.4, 0.5) is 20.6 Å². The summed E-state index contributed by atoms with van der Waals surface area (Å²) >= 11 is 1.03. The summed E-state index contributed by atoms with van der Waals surface area (Å²) in [6.45, 7) is 4.56. The summed E-state index contributed by atoms with van der Waals surface area (Å²) in [5.74, 6) is -1.35. The zero-order valence-electron chi connectivity index (χ0n) is 16.4. The van der Waals surface area contributed by atoms with E-state index in [2.05, 4.69) is 10.6 Å². The third-order valence-corrected chi connectivity index (χ3v) is 6.59. The Morgan fingerprint density at radius 2 is 1.86 bits per heavy atom. The van der Waals surface area contributed by atoms with Gasteiger partial charge >= 0.3 is 6.09 Å². The van der Waals surface area contributed by atoms with Crippen molar-refractivity contribution in [3.63, 3.8) is 0 Å². The number of carbonyl (C=O) groups excluding carboxylic acids is 2. The van der Waals surface area contributed by atoms with E-state index in [9.17, 15) is 22.4 Å². The highest BCUT2D eigenvalue weighted by Crippen LogP contribution is 2.24. The molecular formula is C18H22FN3O5S2. The Hall–Kier alpha value is -2.50. The number of thiophene rings is 1. The van der Waals surface area contributed by atoms with Crippen molar-refractivity contribution >= 4 is 44.7 Å². The van der Waals surface area contributed by atoms with Crippen LogP contribution in [0, 0.1) is 5.82 Å². The van der Waals surface area contributed by atoms with Crippen LogP contribution in [0.15, 0.2) is 39.9 Å². The van der Waals surface area contributed by atoms with E-state index in [0.29, 0.717) is 0 Å². The predicted octanol–water partition coefficient (Wildman–Crippen LogP) is 3.49. The highest BCUT2D eigenvalue weighted by Gasteiger charge is 2.24. The van der Waals surface area contributed by atoms with Gasteiger partial charge in [-0.15, -0.1) is 11.3 Å². The fraction of sp³-hybridized carbons (Fsp3) is 0.333. The normalized spacial score (nSPS) is 11.9. The van der Waals surface area contributed by atoms with Crippen molar-refractivity contribution in [3.05, 3.63) is 41.5 Å². The molecular weight excluding hydrogens is 421 g/mol. The molecule has 0 saturated carbocycles. The summed E-state index contributed by atoms with van der Waals surface area (Å²) in [5.41, 5.74) is -0.660. The number of carbonyl (C=O) groups is 2. The van der Waals surface area contributed by atoms with Gasteiger partial charge < -0.3 is 10.1 Å². The van der Waals surface area contributed by atoms with Crippen LogP contribution in [0.25, 0.3) is 0 Å². The fourth-order valence-corrected chi connectivity index (χ4v) is 4.51. The van der Waals surface area contributed by atoms with E-state index in [1.54, 1.807) is 32.2 Å². The lowest BCUT2D eigenvalue weighted by Gasteiger charge is -2.21. The van der Waals surface area contributed by atoms with Gasteiger partial charge in [0.15, 0.2) is 0 Å². The monoisotopic (exact) mass is 443 g/mol. The van der Waals surface area contributed by atoms with E-state index in [4.69, 9.17) is 4.74 Å². The Labute approximate surface area is 172 Å². The average molecular weight is 444 g/mol. The molecule has 0 unspecified atom stereocenters. The van der Waals surface area contributed by atoms with Crippen molar-refractivity contribution in [1.82, 2.24) is 4.31 Å². The molecule has 11 heteroatoms. The van der Waals surface area contributed by atoms with Gasteiger partial charge in [-0.1, -0.05) is 6.07 Å². The largest absolute Gasteiger partial charge is 0.444 e. The zero-order chi connectivity index (χ0) is 21.8. The average Bonchev–Trinajstić information content (AvgIpc) is 3.10. The molecule has 0 aliphatic heterocycles. The van der Waals surface area contributed by atoms with Crippen LogP contribution in [0.2, 0.25) is 0 Å². The Morgan fingerprint density at radius 3 is 2.45 bits per heavy atom. The summed E-state index contributed by atoms with van der Waals surface area (Å²) < 4.78 is 44.6. The van der Waals surface area contributed by atoms with Crippen molar-refractivity contribution < 1.29 is 27.1 Å². The van der Waals surface area contributed by atoms with Crippen molar-refractivity contribution in [3.8, 4) is 0 Å². The van der Waals surface area contributed by atoms with E-state index in [0.717, 1.165) is 27.8 Å². The van der Waals surface area contributed by atoms with Gasteiger partial charge in [-0.05, 0) is 50.4 Å². The molecule has 1 aromatic carbocycles. The van der Waals surface area contributed by atoms with Crippen LogP contribution in [-0.4, -0.2) is 43.9 Å². The SMILES string of the molecule is CN(CC(=O)Nc1cc(F)ccc1NC(=O)OC(C)(C)C)S(=O)(=O)c1cccs1. The molecule has 0 radical (unpaired) electrons. The molecule has 29 heavy (non-hydrogen) atoms. The standard InChI is InChI=1S/C18H22FN3O5S2/c1-18(2,3)27-17(24)21-13-8-7-12(19)10-14(13)20-15(23)11-22(4)29(25,26)16-6-5-9-28-16/h5-10H,11H2,1-4H3,(H,20,23)(H,21,24). The smallest absolute Gasteiger partial charge is 0.412 e. The van der Waals surface area contributed by atoms with Crippen molar-refractivity contribution in [1.29, 1.82) is 0 Å². The number of anilines is 2. The number of sulfonamides is 1. The lowest BCUT2D eigenvalue weighted by Crippen LogP contribution is -2.34. The van der Waals surface area contributed by atoms with Crippen LogP contribution >= 0.6 is 11.3 Å². The van der Waals surface area contributed by atoms with Gasteiger partial charge in [0.2, 0.25) is 5.91 Å². The molecule has 0 fully saturated rings. The first-order chi connectivity index (χ1) is 13.4. The van der Waals surface area contributed by atoms with Gasteiger partial charge in [0.05, 0.1) is 17.9 Å². The summed E-state index contributed by atoms with van der Waals surface area (Å²) in [6.07, 6.45) is -0.781. The molecule has 0 saturated heterocycles. The molecule has 0 atom stereocenters. The van der Waals surface area contributed by atoms with Crippen molar-refractivity contribution in [2.24, 2.45) is 0 Å². The zero-order valence-corrected chi connectivity index (χ0v) is 18.0. The molecule has 8 nitrogen and oxygen atoms in total. The van der Waals surface area contributed by atoms with Crippen molar-refractivity contribution in [2.75, 3.05) is 24.2 Å². The number of hydrogen-bond acceptors (Lipinski definition) is 6. The van der Waals surface area contributed by atoms with Gasteiger partial charge in [0, 0.05) is 7.05 Å². The first-order valence-electron chi connectivity index (χ1n) is 8.48. The highest BCUT2D eigenvalue weighted by atomic mass is 32.2. The van der Waals surface area contributed by atoms with E-state index in [1.807, 2.05) is 0 Å². The van der Waals surface area contributed by atoms with E-state index in [1.165, 1.54) is 19.2 Å². The quantitative estimate of drug-likeness (QED) is 0.711.